The maximum Gasteiger partial charge on any atom is 0.293 e. The van der Waals surface area contributed by atoms with E-state index in [2.05, 4.69) is 37.9 Å². The van der Waals surface area contributed by atoms with E-state index in [4.69, 9.17) is 14.7 Å². The van der Waals surface area contributed by atoms with Crippen molar-refractivity contribution in [1.29, 1.82) is 5.26 Å². The van der Waals surface area contributed by atoms with Crippen molar-refractivity contribution in [2.75, 3.05) is 13.7 Å². The number of amides is 2. The van der Waals surface area contributed by atoms with Crippen LogP contribution in [0.4, 0.5) is 4.79 Å². The molecule has 186 valence electrons. The molecule has 0 aliphatic carbocycles. The van der Waals surface area contributed by atoms with E-state index >= 15 is 0 Å². The number of Topliss-reactive ketones (excluding diaryl/α,β-unsaturated/α-hetero) is 1. The Hall–Kier alpha value is -3.39. The predicted molar refractivity (Wildman–Crippen MR) is 147 cm³/mol. The summed E-state index contributed by atoms with van der Waals surface area (Å²) in [6.07, 6.45) is 1.58. The summed E-state index contributed by atoms with van der Waals surface area (Å²) in [6, 6.07) is 19.3. The van der Waals surface area contributed by atoms with E-state index < -0.39 is 11.1 Å². The number of nitrogens with zero attached hydrogens (tertiary/aromatic N) is 2. The zero-order valence-electron chi connectivity index (χ0n) is 19.4. The molecule has 0 aromatic heterocycles. The third kappa shape index (κ3) is 6.31. The van der Waals surface area contributed by atoms with Crippen LogP contribution in [0.5, 0.6) is 11.5 Å². The average molecular weight is 642 g/mol. The fraction of sp³-hybridized carbons (Fsp3) is 0.111. The summed E-state index contributed by atoms with van der Waals surface area (Å²) in [6.45, 7) is -0.0793. The fourth-order valence-corrected chi connectivity index (χ4v) is 5.13. The Balaban J connectivity index is 1.49. The van der Waals surface area contributed by atoms with E-state index in [9.17, 15) is 14.4 Å². The van der Waals surface area contributed by atoms with Crippen molar-refractivity contribution < 1.29 is 23.9 Å². The molecule has 3 aromatic carbocycles. The maximum atomic E-state index is 12.9. The minimum Gasteiger partial charge on any atom is -0.493 e. The first-order chi connectivity index (χ1) is 17.8. The lowest BCUT2D eigenvalue weighted by atomic mass is 10.1. The number of rotatable bonds is 8. The number of thioether (sulfide) groups is 1. The summed E-state index contributed by atoms with van der Waals surface area (Å²) < 4.78 is 12.9. The molecule has 1 fully saturated rings. The monoisotopic (exact) mass is 640 g/mol. The number of methoxy groups -OCH3 is 1. The fourth-order valence-electron chi connectivity index (χ4n) is 3.45. The van der Waals surface area contributed by atoms with Gasteiger partial charge in [0.1, 0.15) is 6.61 Å². The largest absolute Gasteiger partial charge is 0.493 e. The van der Waals surface area contributed by atoms with Crippen molar-refractivity contribution in [2.45, 2.75) is 6.61 Å². The molecule has 1 aliphatic heterocycles. The molecule has 0 unspecified atom stereocenters. The van der Waals surface area contributed by atoms with Gasteiger partial charge in [0.05, 0.1) is 34.7 Å². The lowest BCUT2D eigenvalue weighted by Gasteiger charge is -2.14. The van der Waals surface area contributed by atoms with Crippen molar-refractivity contribution >= 4 is 66.6 Å². The second-order valence-electron chi connectivity index (χ2n) is 7.83. The van der Waals surface area contributed by atoms with Crippen molar-refractivity contribution in [3.8, 4) is 17.6 Å². The van der Waals surface area contributed by atoms with Gasteiger partial charge in [-0.15, -0.1) is 0 Å². The van der Waals surface area contributed by atoms with Crippen LogP contribution in [0.15, 0.2) is 74.5 Å². The van der Waals surface area contributed by atoms with Gasteiger partial charge in [-0.2, -0.15) is 5.26 Å². The molecular weight excluding hydrogens is 624 g/mol. The van der Waals surface area contributed by atoms with Crippen LogP contribution >= 0.6 is 43.6 Å². The van der Waals surface area contributed by atoms with Crippen molar-refractivity contribution in [1.82, 2.24) is 4.90 Å². The molecule has 1 saturated heterocycles. The molecule has 0 spiro atoms. The van der Waals surface area contributed by atoms with Crippen LogP contribution in [0.25, 0.3) is 6.08 Å². The second-order valence-corrected chi connectivity index (χ2v) is 10.6. The van der Waals surface area contributed by atoms with E-state index in [1.807, 2.05) is 12.1 Å². The number of imide groups is 1. The Labute approximate surface area is 234 Å². The van der Waals surface area contributed by atoms with Crippen LogP contribution in [0.3, 0.4) is 0 Å². The Morgan fingerprint density at radius 2 is 1.78 bits per heavy atom. The number of carbonyl (C=O) groups is 3. The summed E-state index contributed by atoms with van der Waals surface area (Å²) >= 11 is 7.59. The zero-order valence-corrected chi connectivity index (χ0v) is 23.4. The first-order valence-electron chi connectivity index (χ1n) is 10.8. The van der Waals surface area contributed by atoms with Gasteiger partial charge in [-0.1, -0.05) is 40.2 Å². The van der Waals surface area contributed by atoms with E-state index in [1.54, 1.807) is 54.6 Å². The molecule has 2 amide bonds. The lowest BCUT2D eigenvalue weighted by Crippen LogP contribution is -2.33. The third-order valence-electron chi connectivity index (χ3n) is 5.36. The Bertz CT molecular complexity index is 1450. The van der Waals surface area contributed by atoms with E-state index in [1.165, 1.54) is 7.11 Å². The number of carbonyl (C=O) groups excluding carboxylic acids is 3. The predicted octanol–water partition coefficient (Wildman–Crippen LogP) is 6.59. The van der Waals surface area contributed by atoms with Gasteiger partial charge < -0.3 is 9.47 Å². The molecule has 0 radical (unpaired) electrons. The third-order valence-corrected chi connectivity index (χ3v) is 7.38. The van der Waals surface area contributed by atoms with Crippen molar-refractivity contribution in [3.05, 3.63) is 96.8 Å². The van der Waals surface area contributed by atoms with Crippen molar-refractivity contribution in [2.24, 2.45) is 0 Å². The van der Waals surface area contributed by atoms with Crippen LogP contribution < -0.4 is 9.47 Å². The second kappa shape index (κ2) is 11.8. The van der Waals surface area contributed by atoms with E-state index in [0.717, 1.165) is 26.7 Å². The molecule has 0 atom stereocenters. The Morgan fingerprint density at radius 1 is 1.08 bits per heavy atom. The van der Waals surface area contributed by atoms with Gasteiger partial charge in [-0.25, -0.2) is 0 Å². The minimum atomic E-state index is -0.531. The lowest BCUT2D eigenvalue weighted by molar-refractivity contribution is -0.122. The Morgan fingerprint density at radius 3 is 2.43 bits per heavy atom. The van der Waals surface area contributed by atoms with Gasteiger partial charge in [0.15, 0.2) is 17.3 Å². The molecule has 3 aromatic rings. The normalized spacial score (nSPS) is 14.1. The summed E-state index contributed by atoms with van der Waals surface area (Å²) in [7, 11) is 1.50. The molecule has 0 N–H and O–H groups in total. The highest BCUT2D eigenvalue weighted by atomic mass is 79.9. The SMILES string of the molecule is COc1cc(/C=C2/SC(=O)N(CC(=O)c3ccc(Br)cc3)C2=O)cc(Br)c1OCc1ccc(C#N)cc1. The zero-order chi connectivity index (χ0) is 26.5. The van der Waals surface area contributed by atoms with E-state index in [-0.39, 0.29) is 23.8 Å². The number of benzene rings is 3. The first kappa shape index (κ1) is 26.7. The molecular formula is C27H18Br2N2O5S. The van der Waals surface area contributed by atoms with Gasteiger partial charge in [-0.3, -0.25) is 19.3 Å². The highest BCUT2D eigenvalue weighted by Gasteiger charge is 2.36. The van der Waals surface area contributed by atoms with Gasteiger partial charge in [0.25, 0.3) is 11.1 Å². The highest BCUT2D eigenvalue weighted by molar-refractivity contribution is 9.10. The smallest absolute Gasteiger partial charge is 0.293 e. The van der Waals surface area contributed by atoms with Gasteiger partial charge in [0.2, 0.25) is 0 Å². The summed E-state index contributed by atoms with van der Waals surface area (Å²) in [4.78, 5) is 39.2. The number of nitriles is 1. The van der Waals surface area contributed by atoms with Crippen LogP contribution in [0, 0.1) is 11.3 Å². The summed E-state index contributed by atoms with van der Waals surface area (Å²) in [5.41, 5.74) is 2.47. The van der Waals surface area contributed by atoms with Crippen LogP contribution in [0.1, 0.15) is 27.0 Å². The maximum absolute atomic E-state index is 12.9. The van der Waals surface area contributed by atoms with Crippen LogP contribution in [0.2, 0.25) is 0 Å². The molecule has 37 heavy (non-hydrogen) atoms. The van der Waals surface area contributed by atoms with Crippen LogP contribution in [-0.4, -0.2) is 35.5 Å². The van der Waals surface area contributed by atoms with Gasteiger partial charge in [-0.05, 0) is 81.3 Å². The van der Waals surface area contributed by atoms with Gasteiger partial charge in [0, 0.05) is 10.0 Å². The van der Waals surface area contributed by atoms with Crippen LogP contribution in [-0.2, 0) is 11.4 Å². The number of ketones is 1. The topological polar surface area (TPSA) is 96.7 Å². The standard InChI is InChI=1S/C27H18Br2N2O5S/c1-35-23-11-18(10-21(29)25(23)36-15-17-4-2-16(13-30)3-5-17)12-24-26(33)31(27(34)37-24)14-22(32)19-6-8-20(28)9-7-19/h2-12H,14-15H2,1H3/b24-12+. The molecule has 10 heteroatoms. The summed E-state index contributed by atoms with van der Waals surface area (Å²) in [5, 5.41) is 8.44. The Kier molecular flexibility index (Phi) is 8.48. The molecule has 0 bridgehead atoms. The minimum absolute atomic E-state index is 0.203. The number of ether oxygens (including phenoxy) is 2. The quantitative estimate of drug-likeness (QED) is 0.202. The molecule has 7 nitrogen and oxygen atoms in total. The average Bonchev–Trinajstić information content (AvgIpc) is 3.15. The number of hydrogen-bond donors (Lipinski definition) is 0. The van der Waals surface area contributed by atoms with Crippen molar-refractivity contribution in [3.63, 3.8) is 0 Å². The first-order valence-corrected chi connectivity index (χ1v) is 13.2. The number of hydrogen-bond acceptors (Lipinski definition) is 7. The van der Waals surface area contributed by atoms with E-state index in [0.29, 0.717) is 32.7 Å². The highest BCUT2D eigenvalue weighted by Crippen LogP contribution is 2.39. The molecule has 1 aliphatic rings. The van der Waals surface area contributed by atoms with Gasteiger partial charge >= 0.3 is 0 Å². The summed E-state index contributed by atoms with van der Waals surface area (Å²) in [5.74, 6) is 0.0389. The molecule has 4 rings (SSSR count). The number of halogens is 2. The molecule has 1 heterocycles. The molecule has 0 saturated carbocycles.